The number of hydrogen-bond acceptors (Lipinski definition) is 6. The van der Waals surface area contributed by atoms with Gasteiger partial charge in [0.05, 0.1) is 0 Å². The average molecular weight is 293 g/mol. The molecule has 92 valence electrons. The van der Waals surface area contributed by atoms with Crippen molar-refractivity contribution in [3.63, 3.8) is 0 Å². The Balaban J connectivity index is -0.00000112. The molecule has 0 unspecified atom stereocenters. The zero-order valence-electron chi connectivity index (χ0n) is 10.8. The van der Waals surface area contributed by atoms with E-state index in [-0.39, 0.29) is 72.0 Å². The molecule has 0 amide bonds. The molecule has 9 heteroatoms. The van der Waals surface area contributed by atoms with Crippen molar-refractivity contribution in [3.8, 4) is 0 Å². The van der Waals surface area contributed by atoms with E-state index in [0.29, 0.717) is 5.75 Å². The van der Waals surface area contributed by atoms with Crippen molar-refractivity contribution in [2.75, 3.05) is 12.0 Å². The molecule has 0 aromatic heterocycles. The van der Waals surface area contributed by atoms with E-state index in [1.165, 1.54) is 11.8 Å². The molecule has 6 nitrogen and oxygen atoms in total. The van der Waals surface area contributed by atoms with Crippen LogP contribution in [0.1, 0.15) is 19.3 Å². The van der Waals surface area contributed by atoms with Gasteiger partial charge in [-0.2, -0.15) is 11.8 Å². The maximum atomic E-state index is 11.1. The first-order valence-corrected chi connectivity index (χ1v) is 6.02. The molecule has 1 atom stereocenters. The molecule has 0 radical (unpaired) electrons. The number of nitrogens with zero attached hydrogens (tertiary/aromatic N) is 1. The fourth-order valence-electron chi connectivity index (χ4n) is 0.920. The van der Waals surface area contributed by atoms with Crippen molar-refractivity contribution >= 4 is 29.6 Å². The Morgan fingerprint density at radius 2 is 1.83 bits per heavy atom. The number of carbonyl (C=O) groups excluding carboxylic acids is 1. The molecule has 0 bridgehead atoms. The van der Waals surface area contributed by atoms with Crippen LogP contribution in [0.4, 0.5) is 0 Å². The van der Waals surface area contributed by atoms with Gasteiger partial charge in [-0.15, -0.1) is 0 Å². The van der Waals surface area contributed by atoms with E-state index < -0.39 is 30.3 Å². The van der Waals surface area contributed by atoms with Crippen molar-refractivity contribution < 1.29 is 84.0 Å². The van der Waals surface area contributed by atoms with Gasteiger partial charge in [0.2, 0.25) is 0 Å². The molecule has 0 heterocycles. The van der Waals surface area contributed by atoms with Crippen molar-refractivity contribution in [2.45, 2.75) is 25.3 Å². The Bertz CT molecular complexity index is 288. The minimum atomic E-state index is -1.35. The fraction of sp³-hybridized carbons (Fsp3) is 0.667. The maximum absolute atomic E-state index is 11.1. The van der Waals surface area contributed by atoms with Crippen LogP contribution in [0, 0.1) is 0 Å². The summed E-state index contributed by atoms with van der Waals surface area (Å²) >= 11 is 1.45. The number of aliphatic imine (C=N–C) groups is 1. The van der Waals surface area contributed by atoms with Crippen LogP contribution in [-0.2, 0) is 9.59 Å². The van der Waals surface area contributed by atoms with E-state index in [1.54, 1.807) is 0 Å². The quantitative estimate of drug-likeness (QED) is 0.270. The topological polar surface area (TPSA) is 113 Å². The smallest absolute Gasteiger partial charge is 0.862 e. The van der Waals surface area contributed by atoms with Crippen LogP contribution in [0.5, 0.6) is 0 Å². The number of carboxylic acids is 2. The standard InChI is InChI=1S/C9H15NO5S.2Na/c1-16-5-4-6(9(14)15)10-7(11)2-3-8(12)13;;/h6H,2-5H2,1H3,(H,10,11)(H,12,13)(H,14,15);;/q;2*+1/p-2/t6-;;/m1../s1. The fourth-order valence-corrected chi connectivity index (χ4v) is 1.38. The van der Waals surface area contributed by atoms with Gasteiger partial charge in [0.15, 0.2) is 0 Å². The van der Waals surface area contributed by atoms with Gasteiger partial charge in [-0.05, 0) is 37.2 Å². The van der Waals surface area contributed by atoms with Crippen LogP contribution in [-0.4, -0.2) is 41.0 Å². The van der Waals surface area contributed by atoms with Gasteiger partial charge in [0.1, 0.15) is 6.04 Å². The summed E-state index contributed by atoms with van der Waals surface area (Å²) in [7, 11) is 0. The third kappa shape index (κ3) is 13.2. The first-order chi connectivity index (χ1) is 7.47. The SMILES string of the molecule is CSCC[C@@H](N=C([O-])CCC(=O)[O-])C(=O)O.[Na+].[Na+]. The van der Waals surface area contributed by atoms with E-state index in [0.717, 1.165) is 0 Å². The van der Waals surface area contributed by atoms with Gasteiger partial charge in [-0.25, -0.2) is 4.79 Å². The molecule has 0 fully saturated rings. The third-order valence-corrected chi connectivity index (χ3v) is 2.37. The Hall–Kier alpha value is 0.760. The van der Waals surface area contributed by atoms with Crippen molar-refractivity contribution in [3.05, 3.63) is 0 Å². The van der Waals surface area contributed by atoms with E-state index in [1.807, 2.05) is 6.26 Å². The summed E-state index contributed by atoms with van der Waals surface area (Å²) in [5.41, 5.74) is 0. The number of carbonyl (C=O) groups is 2. The largest absolute Gasteiger partial charge is 1.00 e. The monoisotopic (exact) mass is 293 g/mol. The van der Waals surface area contributed by atoms with E-state index in [2.05, 4.69) is 4.99 Å². The van der Waals surface area contributed by atoms with E-state index in [4.69, 9.17) is 5.11 Å². The van der Waals surface area contributed by atoms with Gasteiger partial charge in [-0.1, -0.05) is 0 Å². The van der Waals surface area contributed by atoms with Gasteiger partial charge in [0.25, 0.3) is 0 Å². The minimum absolute atomic E-state index is 0. The Kier molecular flexibility index (Phi) is 18.8. The summed E-state index contributed by atoms with van der Waals surface area (Å²) in [6, 6.07) is -1.08. The summed E-state index contributed by atoms with van der Waals surface area (Å²) in [5.74, 6) is -2.65. The van der Waals surface area contributed by atoms with Crippen LogP contribution in [0.25, 0.3) is 0 Å². The van der Waals surface area contributed by atoms with Crippen molar-refractivity contribution in [2.24, 2.45) is 4.99 Å². The normalized spacial score (nSPS) is 11.9. The number of rotatable bonds is 8. The minimum Gasteiger partial charge on any atom is -0.862 e. The van der Waals surface area contributed by atoms with Crippen LogP contribution in [0.15, 0.2) is 4.99 Å². The number of aliphatic carboxylic acids is 2. The molecule has 1 N–H and O–H groups in total. The number of thioether (sulfide) groups is 1. The summed E-state index contributed by atoms with van der Waals surface area (Å²) in [4.78, 5) is 24.2. The Morgan fingerprint density at radius 3 is 2.22 bits per heavy atom. The molecule has 0 aromatic carbocycles. The molecule has 0 saturated carbocycles. The molecule has 0 aliphatic heterocycles. The molecule has 18 heavy (non-hydrogen) atoms. The average Bonchev–Trinajstić information content (AvgIpc) is 2.20. The Morgan fingerprint density at radius 1 is 1.28 bits per heavy atom. The molecular weight excluding hydrogens is 280 g/mol. The summed E-state index contributed by atoms with van der Waals surface area (Å²) in [6.07, 6.45) is 1.33. The van der Waals surface area contributed by atoms with E-state index in [9.17, 15) is 19.8 Å². The van der Waals surface area contributed by atoms with Crippen LogP contribution in [0.2, 0.25) is 0 Å². The third-order valence-electron chi connectivity index (χ3n) is 1.72. The van der Waals surface area contributed by atoms with Crippen LogP contribution < -0.4 is 69.3 Å². The summed E-state index contributed by atoms with van der Waals surface area (Å²) in [5, 5.41) is 29.9. The molecular formula is C9H13NNa2O5S. The first-order valence-electron chi connectivity index (χ1n) is 4.62. The maximum Gasteiger partial charge on any atom is 1.00 e. The molecule has 0 aliphatic carbocycles. The number of carboxylic acid groups (broad SMARTS) is 2. The summed E-state index contributed by atoms with van der Waals surface area (Å²) in [6.45, 7) is 0. The molecule has 0 spiro atoms. The molecule has 0 saturated heterocycles. The second-order valence-electron chi connectivity index (χ2n) is 3.03. The predicted octanol–water partition coefficient (Wildman–Crippen LogP) is -7.51. The van der Waals surface area contributed by atoms with Crippen LogP contribution in [0.3, 0.4) is 0 Å². The van der Waals surface area contributed by atoms with Gasteiger partial charge in [-0.3, -0.25) is 4.99 Å². The second kappa shape index (κ2) is 14.2. The second-order valence-corrected chi connectivity index (χ2v) is 4.02. The predicted molar refractivity (Wildman–Crippen MR) is 56.1 cm³/mol. The van der Waals surface area contributed by atoms with Crippen molar-refractivity contribution in [1.82, 2.24) is 0 Å². The number of hydrogen-bond donors (Lipinski definition) is 1. The van der Waals surface area contributed by atoms with Crippen molar-refractivity contribution in [1.29, 1.82) is 0 Å². The van der Waals surface area contributed by atoms with Gasteiger partial charge in [0, 0.05) is 5.97 Å². The zero-order valence-corrected chi connectivity index (χ0v) is 15.7. The molecule has 0 aliphatic rings. The Labute approximate surface area is 154 Å². The van der Waals surface area contributed by atoms with Gasteiger partial charge < -0.3 is 20.1 Å². The van der Waals surface area contributed by atoms with Gasteiger partial charge >= 0.3 is 65.1 Å². The molecule has 0 rings (SSSR count). The zero-order chi connectivity index (χ0) is 12.6. The summed E-state index contributed by atoms with van der Waals surface area (Å²) < 4.78 is 0. The first kappa shape index (κ1) is 23.8. The van der Waals surface area contributed by atoms with Crippen LogP contribution >= 0.6 is 11.8 Å². The molecule has 0 aromatic rings. The van der Waals surface area contributed by atoms with E-state index >= 15 is 0 Å².